The third kappa shape index (κ3) is 3.20. The van der Waals surface area contributed by atoms with Crippen molar-refractivity contribution in [3.63, 3.8) is 0 Å². The molecule has 1 N–H and O–H groups in total. The molecule has 162 valence electrons. The number of piperidine rings is 1. The number of fused-ring (bicyclic) bond motifs is 1. The number of nitrogens with one attached hydrogen (secondary N) is 1. The summed E-state index contributed by atoms with van der Waals surface area (Å²) in [6.45, 7) is 5.03. The summed E-state index contributed by atoms with van der Waals surface area (Å²) < 4.78 is 15.7. The minimum absolute atomic E-state index is 0.0437. The number of likely N-dealkylation sites (N-methyl/N-ethyl adjacent to an activating group) is 1. The maximum atomic E-state index is 13.6. The zero-order chi connectivity index (χ0) is 21.6. The van der Waals surface area contributed by atoms with E-state index >= 15 is 0 Å². The van der Waals surface area contributed by atoms with Gasteiger partial charge >= 0.3 is 6.03 Å². The summed E-state index contributed by atoms with van der Waals surface area (Å²) in [6, 6.07) is 12.3. The third-order valence-electron chi connectivity index (χ3n) is 6.68. The third-order valence-corrected chi connectivity index (χ3v) is 6.91. The fourth-order valence-electron chi connectivity index (χ4n) is 5.26. The molecule has 0 saturated carbocycles. The van der Waals surface area contributed by atoms with Crippen molar-refractivity contribution in [2.75, 3.05) is 26.2 Å². The van der Waals surface area contributed by atoms with Crippen LogP contribution in [0.25, 0.3) is 16.6 Å². The van der Waals surface area contributed by atoms with Gasteiger partial charge in [0.1, 0.15) is 11.5 Å². The van der Waals surface area contributed by atoms with E-state index in [0.717, 1.165) is 48.1 Å². The molecule has 5 rings (SSSR count). The highest BCUT2D eigenvalue weighted by atomic mass is 35.5. The van der Waals surface area contributed by atoms with Crippen molar-refractivity contribution in [1.82, 2.24) is 19.7 Å². The first-order valence-electron chi connectivity index (χ1n) is 10.9. The second kappa shape index (κ2) is 7.84. The van der Waals surface area contributed by atoms with Gasteiger partial charge in [-0.05, 0) is 62.2 Å². The molecule has 3 aromatic rings. The van der Waals surface area contributed by atoms with Gasteiger partial charge in [0.2, 0.25) is 0 Å². The molecule has 0 spiro atoms. The molecule has 31 heavy (non-hydrogen) atoms. The number of likely N-dealkylation sites (tertiary alicyclic amines) is 1. The van der Waals surface area contributed by atoms with Crippen molar-refractivity contribution >= 4 is 28.5 Å². The molecule has 2 aliphatic rings. The van der Waals surface area contributed by atoms with Gasteiger partial charge in [0.05, 0.1) is 12.1 Å². The quantitative estimate of drug-likeness (QED) is 0.612. The van der Waals surface area contributed by atoms with Crippen molar-refractivity contribution in [3.05, 3.63) is 65.1 Å². The predicted molar refractivity (Wildman–Crippen MR) is 121 cm³/mol. The van der Waals surface area contributed by atoms with Crippen LogP contribution in [0.3, 0.4) is 0 Å². The number of carbonyl (C=O) groups excluding carboxylic acids is 1. The SMILES string of the molecule is CCN1C(=O)NCC1(c1cn(-c2ccc(F)cc2)c2ccc(Cl)cc12)N1CCCCC1. The van der Waals surface area contributed by atoms with Gasteiger partial charge in [-0.25, -0.2) is 9.18 Å². The molecule has 2 aromatic carbocycles. The molecular weight excluding hydrogens is 415 g/mol. The zero-order valence-corrected chi connectivity index (χ0v) is 18.3. The smallest absolute Gasteiger partial charge is 0.319 e. The number of urea groups is 1. The minimum Gasteiger partial charge on any atom is -0.334 e. The van der Waals surface area contributed by atoms with Crippen LogP contribution in [0.15, 0.2) is 48.7 Å². The van der Waals surface area contributed by atoms with Gasteiger partial charge in [0.15, 0.2) is 0 Å². The van der Waals surface area contributed by atoms with Crippen LogP contribution in [-0.4, -0.2) is 46.6 Å². The Labute approximate surface area is 186 Å². The minimum atomic E-state index is -0.583. The van der Waals surface area contributed by atoms with Crippen molar-refractivity contribution < 1.29 is 9.18 Å². The van der Waals surface area contributed by atoms with Crippen LogP contribution in [-0.2, 0) is 5.66 Å². The number of rotatable bonds is 4. The molecular formula is C24H26ClFN4O. The highest BCUT2D eigenvalue weighted by Gasteiger charge is 2.52. The van der Waals surface area contributed by atoms with E-state index in [4.69, 9.17) is 11.6 Å². The Morgan fingerprint density at radius 3 is 2.55 bits per heavy atom. The highest BCUT2D eigenvalue weighted by molar-refractivity contribution is 6.31. The Bertz CT molecular complexity index is 1120. The monoisotopic (exact) mass is 440 g/mol. The van der Waals surface area contributed by atoms with Crippen LogP contribution in [0.2, 0.25) is 5.02 Å². The van der Waals surface area contributed by atoms with Crippen molar-refractivity contribution in [2.45, 2.75) is 31.8 Å². The normalized spacial score (nSPS) is 22.3. The van der Waals surface area contributed by atoms with Gasteiger partial charge in [-0.2, -0.15) is 0 Å². The Kier molecular flexibility index (Phi) is 5.15. The van der Waals surface area contributed by atoms with Gasteiger partial charge in [0.25, 0.3) is 0 Å². The number of halogens is 2. The number of aromatic nitrogens is 1. The van der Waals surface area contributed by atoms with Crippen molar-refractivity contribution in [1.29, 1.82) is 0 Å². The van der Waals surface area contributed by atoms with Crippen LogP contribution in [0.5, 0.6) is 0 Å². The zero-order valence-electron chi connectivity index (χ0n) is 17.6. The first-order valence-corrected chi connectivity index (χ1v) is 11.3. The fourth-order valence-corrected chi connectivity index (χ4v) is 5.43. The summed E-state index contributed by atoms with van der Waals surface area (Å²) >= 11 is 6.43. The number of hydrogen-bond acceptors (Lipinski definition) is 2. The standard InChI is InChI=1S/C24H26ClFN4O/c1-2-30-23(31)27-16-24(30,28-12-4-3-5-13-28)21-15-29(19-9-7-18(26)8-10-19)22-11-6-17(25)14-20(21)22/h6-11,14-15H,2-5,12-13,16H2,1H3,(H,27,31). The van der Waals surface area contributed by atoms with E-state index in [1.165, 1.54) is 18.6 Å². The average Bonchev–Trinajstić information content (AvgIpc) is 3.33. The molecule has 3 heterocycles. The molecule has 5 nitrogen and oxygen atoms in total. The van der Waals surface area contributed by atoms with E-state index < -0.39 is 5.66 Å². The Morgan fingerprint density at radius 2 is 1.84 bits per heavy atom. The molecule has 0 aliphatic carbocycles. The van der Waals surface area contributed by atoms with E-state index in [-0.39, 0.29) is 11.8 Å². The first kappa shape index (κ1) is 20.3. The van der Waals surface area contributed by atoms with E-state index in [1.807, 2.05) is 30.0 Å². The van der Waals surface area contributed by atoms with Gasteiger partial charge in [-0.1, -0.05) is 18.0 Å². The molecule has 0 radical (unpaired) electrons. The second-order valence-electron chi connectivity index (χ2n) is 8.32. The van der Waals surface area contributed by atoms with E-state index in [2.05, 4.69) is 21.0 Å². The van der Waals surface area contributed by atoms with Crippen LogP contribution in [0, 0.1) is 5.82 Å². The molecule has 2 fully saturated rings. The number of hydrogen-bond donors (Lipinski definition) is 1. The summed E-state index contributed by atoms with van der Waals surface area (Å²) in [7, 11) is 0. The largest absolute Gasteiger partial charge is 0.334 e. The summed E-state index contributed by atoms with van der Waals surface area (Å²) in [5, 5.41) is 4.76. The maximum Gasteiger partial charge on any atom is 0.319 e. The fraction of sp³-hybridized carbons (Fsp3) is 0.375. The van der Waals surface area contributed by atoms with Gasteiger partial charge in [-0.15, -0.1) is 0 Å². The highest BCUT2D eigenvalue weighted by Crippen LogP contribution is 2.43. The Morgan fingerprint density at radius 1 is 1.10 bits per heavy atom. The van der Waals surface area contributed by atoms with Gasteiger partial charge in [0, 0.05) is 47.5 Å². The molecule has 2 amide bonds. The molecule has 1 aromatic heterocycles. The average molecular weight is 441 g/mol. The van der Waals surface area contributed by atoms with Crippen molar-refractivity contribution in [3.8, 4) is 5.69 Å². The molecule has 2 saturated heterocycles. The van der Waals surface area contributed by atoms with Crippen LogP contribution in [0.4, 0.5) is 9.18 Å². The van der Waals surface area contributed by atoms with Crippen molar-refractivity contribution in [2.24, 2.45) is 0 Å². The molecule has 7 heteroatoms. The summed E-state index contributed by atoms with van der Waals surface area (Å²) in [6.07, 6.45) is 5.55. The van der Waals surface area contributed by atoms with Gasteiger partial charge in [-0.3, -0.25) is 4.90 Å². The predicted octanol–water partition coefficient (Wildman–Crippen LogP) is 5.11. The number of carbonyl (C=O) groups is 1. The number of amides is 2. The van der Waals surface area contributed by atoms with Crippen LogP contribution >= 0.6 is 11.6 Å². The van der Waals surface area contributed by atoms with Gasteiger partial charge < -0.3 is 14.8 Å². The first-order chi connectivity index (χ1) is 15.0. The van der Waals surface area contributed by atoms with E-state index in [0.29, 0.717) is 18.1 Å². The maximum absolute atomic E-state index is 13.6. The number of nitrogens with zero attached hydrogens (tertiary/aromatic N) is 3. The molecule has 1 unspecified atom stereocenters. The summed E-state index contributed by atoms with van der Waals surface area (Å²) in [5.74, 6) is -0.268. The second-order valence-corrected chi connectivity index (χ2v) is 8.75. The lowest BCUT2D eigenvalue weighted by molar-refractivity contribution is -0.0187. The molecule has 1 atom stereocenters. The number of benzene rings is 2. The lowest BCUT2D eigenvalue weighted by Gasteiger charge is -2.47. The van der Waals surface area contributed by atoms with Crippen LogP contribution < -0.4 is 5.32 Å². The Hall–Kier alpha value is -2.57. The topological polar surface area (TPSA) is 40.5 Å². The lowest BCUT2D eigenvalue weighted by atomic mass is 9.93. The summed E-state index contributed by atoms with van der Waals surface area (Å²) in [4.78, 5) is 17.3. The Balaban J connectivity index is 1.77. The van der Waals surface area contributed by atoms with E-state index in [9.17, 15) is 9.18 Å². The molecule has 2 aliphatic heterocycles. The lowest BCUT2D eigenvalue weighted by Crippen LogP contribution is -2.58. The molecule has 0 bridgehead atoms. The summed E-state index contributed by atoms with van der Waals surface area (Å²) in [5.41, 5.74) is 2.32. The van der Waals surface area contributed by atoms with E-state index in [1.54, 1.807) is 12.1 Å². The van der Waals surface area contributed by atoms with Crippen LogP contribution in [0.1, 0.15) is 31.7 Å².